The van der Waals surface area contributed by atoms with Crippen LogP contribution in [-0.4, -0.2) is 66.8 Å². The van der Waals surface area contributed by atoms with E-state index in [4.69, 9.17) is 9.47 Å². The number of rotatable bonds is 3. The summed E-state index contributed by atoms with van der Waals surface area (Å²) in [6.45, 7) is 8.02. The van der Waals surface area contributed by atoms with Crippen LogP contribution in [0.15, 0.2) is 0 Å². The van der Waals surface area contributed by atoms with Crippen molar-refractivity contribution >= 4 is 12.0 Å². The molecule has 2 atom stereocenters. The topological polar surface area (TPSA) is 59.1 Å². The molecule has 2 unspecified atom stereocenters. The largest absolute Gasteiger partial charge is 0.444 e. The molecule has 0 aromatic heterocycles. The molecule has 0 saturated carbocycles. The summed E-state index contributed by atoms with van der Waals surface area (Å²) in [5, 5.41) is 0. The van der Waals surface area contributed by atoms with E-state index in [1.165, 1.54) is 0 Å². The molecular formula is C18H32N2O4. The monoisotopic (exact) mass is 340 g/mol. The fourth-order valence-corrected chi connectivity index (χ4v) is 3.78. The second kappa shape index (κ2) is 8.19. The van der Waals surface area contributed by atoms with Gasteiger partial charge in [0.1, 0.15) is 12.2 Å². The van der Waals surface area contributed by atoms with Gasteiger partial charge in [0.2, 0.25) is 5.91 Å². The van der Waals surface area contributed by atoms with E-state index >= 15 is 0 Å². The first-order valence-electron chi connectivity index (χ1n) is 9.08. The molecule has 2 saturated heterocycles. The second-order valence-electron chi connectivity index (χ2n) is 7.91. The Balaban J connectivity index is 2.01. The summed E-state index contributed by atoms with van der Waals surface area (Å²) in [6.07, 6.45) is 4.99. The Bertz CT molecular complexity index is 447. The first kappa shape index (κ1) is 19.0. The molecule has 2 amide bonds. The normalized spacial score (nSPS) is 25.5. The molecule has 6 heteroatoms. The van der Waals surface area contributed by atoms with Crippen molar-refractivity contribution in [1.29, 1.82) is 0 Å². The summed E-state index contributed by atoms with van der Waals surface area (Å²) in [7, 11) is 1.56. The third-order valence-electron chi connectivity index (χ3n) is 4.79. The standard InChI is InChI=1S/C18H32N2O4/c1-18(2,3)24-17(22)19-10-7-8-14(12-19)15-9-5-6-11-20(15)16(21)13-23-4/h14-15H,5-13H2,1-4H3. The molecule has 0 radical (unpaired) electrons. The minimum Gasteiger partial charge on any atom is -0.444 e. The third kappa shape index (κ3) is 5.10. The van der Waals surface area contributed by atoms with Crippen molar-refractivity contribution in [2.75, 3.05) is 33.4 Å². The van der Waals surface area contributed by atoms with Gasteiger partial charge in [-0.1, -0.05) is 0 Å². The zero-order chi connectivity index (χ0) is 17.7. The highest BCUT2D eigenvalue weighted by molar-refractivity contribution is 5.78. The van der Waals surface area contributed by atoms with Crippen molar-refractivity contribution < 1.29 is 19.1 Å². The average molecular weight is 340 g/mol. The Morgan fingerprint density at radius 1 is 1.08 bits per heavy atom. The smallest absolute Gasteiger partial charge is 0.410 e. The summed E-state index contributed by atoms with van der Waals surface area (Å²) < 4.78 is 10.5. The van der Waals surface area contributed by atoms with Gasteiger partial charge < -0.3 is 19.3 Å². The number of nitrogens with zero attached hydrogens (tertiary/aromatic N) is 2. The Kier molecular flexibility index (Phi) is 6.49. The molecule has 2 rings (SSSR count). The molecule has 0 N–H and O–H groups in total. The number of carbonyl (C=O) groups excluding carboxylic acids is 2. The van der Waals surface area contributed by atoms with Gasteiger partial charge in [-0.15, -0.1) is 0 Å². The average Bonchev–Trinajstić information content (AvgIpc) is 2.53. The Labute approximate surface area is 145 Å². The Morgan fingerprint density at radius 3 is 2.50 bits per heavy atom. The lowest BCUT2D eigenvalue weighted by atomic mass is 9.84. The summed E-state index contributed by atoms with van der Waals surface area (Å²) >= 11 is 0. The van der Waals surface area contributed by atoms with Crippen molar-refractivity contribution in [2.45, 2.75) is 64.5 Å². The number of carbonyl (C=O) groups is 2. The summed E-state index contributed by atoms with van der Waals surface area (Å²) in [4.78, 5) is 28.5. The number of methoxy groups -OCH3 is 1. The van der Waals surface area contributed by atoms with Crippen LogP contribution in [0.2, 0.25) is 0 Å². The summed E-state index contributed by atoms with van der Waals surface area (Å²) in [5.41, 5.74) is -0.477. The molecule has 0 aliphatic carbocycles. The SMILES string of the molecule is COCC(=O)N1CCCCC1C1CCCN(C(=O)OC(C)(C)C)C1. The van der Waals surface area contributed by atoms with Crippen LogP contribution in [0.5, 0.6) is 0 Å². The van der Waals surface area contributed by atoms with Crippen LogP contribution < -0.4 is 0 Å². The van der Waals surface area contributed by atoms with E-state index < -0.39 is 5.60 Å². The van der Waals surface area contributed by atoms with Crippen LogP contribution in [0.4, 0.5) is 4.79 Å². The first-order chi connectivity index (χ1) is 11.3. The predicted octanol–water partition coefficient (Wildman–Crippen LogP) is 2.66. The number of amides is 2. The van der Waals surface area contributed by atoms with Crippen molar-refractivity contribution in [3.8, 4) is 0 Å². The molecule has 0 aromatic carbocycles. The third-order valence-corrected chi connectivity index (χ3v) is 4.79. The number of hydrogen-bond donors (Lipinski definition) is 0. The van der Waals surface area contributed by atoms with Gasteiger partial charge in [-0.05, 0) is 58.8 Å². The van der Waals surface area contributed by atoms with E-state index in [1.807, 2.05) is 30.6 Å². The maximum atomic E-state index is 12.4. The highest BCUT2D eigenvalue weighted by atomic mass is 16.6. The molecule has 6 nitrogen and oxygen atoms in total. The molecule has 0 spiro atoms. The number of hydrogen-bond acceptors (Lipinski definition) is 4. The fourth-order valence-electron chi connectivity index (χ4n) is 3.78. The van der Waals surface area contributed by atoms with Gasteiger partial charge in [0.05, 0.1) is 0 Å². The second-order valence-corrected chi connectivity index (χ2v) is 7.91. The molecule has 24 heavy (non-hydrogen) atoms. The van der Waals surface area contributed by atoms with Gasteiger partial charge in [-0.25, -0.2) is 4.79 Å². The van der Waals surface area contributed by atoms with Crippen molar-refractivity contribution in [3.63, 3.8) is 0 Å². The van der Waals surface area contributed by atoms with E-state index in [1.54, 1.807) is 7.11 Å². The van der Waals surface area contributed by atoms with E-state index in [0.717, 1.165) is 45.2 Å². The Hall–Kier alpha value is -1.30. The Morgan fingerprint density at radius 2 is 1.83 bits per heavy atom. The van der Waals surface area contributed by atoms with Gasteiger partial charge in [-0.2, -0.15) is 0 Å². The first-order valence-corrected chi connectivity index (χ1v) is 9.08. The molecule has 138 valence electrons. The van der Waals surface area contributed by atoms with Crippen molar-refractivity contribution in [3.05, 3.63) is 0 Å². The fraction of sp³-hybridized carbons (Fsp3) is 0.889. The van der Waals surface area contributed by atoms with E-state index in [9.17, 15) is 9.59 Å². The lowest BCUT2D eigenvalue weighted by Gasteiger charge is -2.44. The summed E-state index contributed by atoms with van der Waals surface area (Å²) in [6, 6.07) is 0.214. The number of piperidine rings is 2. The van der Waals surface area contributed by atoms with Crippen LogP contribution in [-0.2, 0) is 14.3 Å². The predicted molar refractivity (Wildman–Crippen MR) is 91.8 cm³/mol. The molecule has 0 bridgehead atoms. The van der Waals surface area contributed by atoms with Crippen LogP contribution >= 0.6 is 0 Å². The highest BCUT2D eigenvalue weighted by Crippen LogP contribution is 2.30. The van der Waals surface area contributed by atoms with Gasteiger partial charge in [-0.3, -0.25) is 4.79 Å². The molecule has 2 aliphatic heterocycles. The van der Waals surface area contributed by atoms with Crippen LogP contribution in [0.1, 0.15) is 52.9 Å². The van der Waals surface area contributed by atoms with Crippen LogP contribution in [0, 0.1) is 5.92 Å². The molecule has 0 aromatic rings. The summed E-state index contributed by atoms with van der Waals surface area (Å²) in [5.74, 6) is 0.393. The quantitative estimate of drug-likeness (QED) is 0.792. The minimum absolute atomic E-state index is 0.0663. The molecule has 2 fully saturated rings. The number of likely N-dealkylation sites (tertiary alicyclic amines) is 2. The van der Waals surface area contributed by atoms with Crippen LogP contribution in [0.25, 0.3) is 0 Å². The zero-order valence-corrected chi connectivity index (χ0v) is 15.5. The van der Waals surface area contributed by atoms with Crippen molar-refractivity contribution in [1.82, 2.24) is 9.80 Å². The van der Waals surface area contributed by atoms with Gasteiger partial charge >= 0.3 is 6.09 Å². The van der Waals surface area contributed by atoms with Crippen LogP contribution in [0.3, 0.4) is 0 Å². The van der Waals surface area contributed by atoms with E-state index in [2.05, 4.69) is 0 Å². The highest BCUT2D eigenvalue weighted by Gasteiger charge is 2.37. The molecular weight excluding hydrogens is 308 g/mol. The molecule has 2 heterocycles. The van der Waals surface area contributed by atoms with E-state index in [0.29, 0.717) is 12.5 Å². The maximum Gasteiger partial charge on any atom is 0.410 e. The lowest BCUT2D eigenvalue weighted by Crippen LogP contribution is -2.53. The van der Waals surface area contributed by atoms with E-state index in [-0.39, 0.29) is 24.6 Å². The van der Waals surface area contributed by atoms with Gasteiger partial charge in [0.25, 0.3) is 0 Å². The zero-order valence-electron chi connectivity index (χ0n) is 15.5. The minimum atomic E-state index is -0.477. The van der Waals surface area contributed by atoms with Gasteiger partial charge in [0, 0.05) is 32.8 Å². The lowest BCUT2D eigenvalue weighted by molar-refractivity contribution is -0.140. The maximum absolute atomic E-state index is 12.4. The molecule has 2 aliphatic rings. The van der Waals surface area contributed by atoms with Crippen molar-refractivity contribution in [2.24, 2.45) is 5.92 Å². The number of ether oxygens (including phenoxy) is 2. The van der Waals surface area contributed by atoms with Gasteiger partial charge in [0.15, 0.2) is 0 Å².